The Morgan fingerprint density at radius 3 is 2.65 bits per heavy atom. The number of carboxylic acids is 1. The molecule has 0 aromatic carbocycles. The number of nitrogens with one attached hydrogen (secondary N) is 1. The van der Waals surface area contributed by atoms with Gasteiger partial charge in [0.15, 0.2) is 0 Å². The van der Waals surface area contributed by atoms with Crippen LogP contribution in [0.15, 0.2) is 0 Å². The fourth-order valence-electron chi connectivity index (χ4n) is 3.73. The van der Waals surface area contributed by atoms with Gasteiger partial charge in [0.05, 0.1) is 0 Å². The van der Waals surface area contributed by atoms with E-state index in [2.05, 4.69) is 17.3 Å². The molecule has 20 heavy (non-hydrogen) atoms. The van der Waals surface area contributed by atoms with Gasteiger partial charge in [-0.3, -0.25) is 10.1 Å². The molecule has 2 saturated carbocycles. The summed E-state index contributed by atoms with van der Waals surface area (Å²) in [7, 11) is 2.17. The molecule has 0 spiro atoms. The van der Waals surface area contributed by atoms with Gasteiger partial charge >= 0.3 is 5.97 Å². The molecule has 116 valence electrons. The summed E-state index contributed by atoms with van der Waals surface area (Å²) in [4.78, 5) is 14.2. The molecule has 2 aliphatic carbocycles. The van der Waals surface area contributed by atoms with E-state index in [4.69, 9.17) is 0 Å². The van der Waals surface area contributed by atoms with Crippen molar-refractivity contribution in [3.8, 4) is 0 Å². The smallest absolute Gasteiger partial charge is 0.324 e. The highest BCUT2D eigenvalue weighted by molar-refractivity contribution is 5.79. The number of carbonyl (C=O) groups is 1. The SMILES string of the molecule is CC(C)NC1(C(=O)O)CCCC1CCN(C)CC1CC1. The van der Waals surface area contributed by atoms with Crippen LogP contribution in [0.1, 0.15) is 52.4 Å². The molecule has 2 N–H and O–H groups in total. The second-order valence-electron chi connectivity index (χ2n) is 7.16. The topological polar surface area (TPSA) is 52.6 Å². The van der Waals surface area contributed by atoms with E-state index in [9.17, 15) is 9.90 Å². The van der Waals surface area contributed by atoms with Crippen molar-refractivity contribution in [2.75, 3.05) is 20.1 Å². The van der Waals surface area contributed by atoms with Crippen LogP contribution < -0.4 is 5.32 Å². The van der Waals surface area contributed by atoms with E-state index in [1.54, 1.807) is 0 Å². The summed E-state index contributed by atoms with van der Waals surface area (Å²) in [6.45, 7) is 6.29. The Hall–Kier alpha value is -0.610. The van der Waals surface area contributed by atoms with E-state index in [0.717, 1.165) is 38.1 Å². The van der Waals surface area contributed by atoms with Crippen molar-refractivity contribution in [2.45, 2.75) is 64.0 Å². The number of hydrogen-bond acceptors (Lipinski definition) is 3. The molecule has 2 atom stereocenters. The minimum atomic E-state index is -0.686. The van der Waals surface area contributed by atoms with Gasteiger partial charge in [0, 0.05) is 12.6 Å². The Kier molecular flexibility index (Phi) is 5.08. The van der Waals surface area contributed by atoms with Crippen LogP contribution in [-0.2, 0) is 4.79 Å². The zero-order chi connectivity index (χ0) is 14.8. The van der Waals surface area contributed by atoms with Gasteiger partial charge in [0.1, 0.15) is 5.54 Å². The van der Waals surface area contributed by atoms with Gasteiger partial charge in [0.2, 0.25) is 0 Å². The van der Waals surface area contributed by atoms with Crippen LogP contribution in [-0.4, -0.2) is 47.7 Å². The number of carboxylic acid groups (broad SMARTS) is 1. The maximum atomic E-state index is 11.8. The van der Waals surface area contributed by atoms with Gasteiger partial charge in [-0.05, 0) is 71.4 Å². The molecule has 2 rings (SSSR count). The molecule has 2 fully saturated rings. The largest absolute Gasteiger partial charge is 0.480 e. The number of rotatable bonds is 8. The minimum absolute atomic E-state index is 0.218. The summed E-state index contributed by atoms with van der Waals surface area (Å²) in [6, 6.07) is 0.218. The molecular formula is C16H30N2O2. The molecule has 0 heterocycles. The third-order valence-electron chi connectivity index (χ3n) is 4.87. The summed E-state index contributed by atoms with van der Waals surface area (Å²) in [6.07, 6.45) is 6.60. The fourth-order valence-corrected chi connectivity index (χ4v) is 3.73. The number of hydrogen-bond donors (Lipinski definition) is 2. The lowest BCUT2D eigenvalue weighted by atomic mass is 9.83. The second kappa shape index (κ2) is 6.44. The summed E-state index contributed by atoms with van der Waals surface area (Å²) >= 11 is 0. The molecular weight excluding hydrogens is 252 g/mol. The Labute approximate surface area is 122 Å². The van der Waals surface area contributed by atoms with Crippen LogP contribution in [0.4, 0.5) is 0 Å². The first-order valence-electron chi connectivity index (χ1n) is 8.13. The summed E-state index contributed by atoms with van der Waals surface area (Å²) in [5.74, 6) is 0.518. The highest BCUT2D eigenvalue weighted by atomic mass is 16.4. The number of aliphatic carboxylic acids is 1. The molecule has 0 aromatic rings. The highest BCUT2D eigenvalue weighted by Crippen LogP contribution is 2.39. The second-order valence-corrected chi connectivity index (χ2v) is 7.16. The summed E-state index contributed by atoms with van der Waals surface area (Å²) in [5.41, 5.74) is -0.686. The first-order valence-corrected chi connectivity index (χ1v) is 8.13. The summed E-state index contributed by atoms with van der Waals surface area (Å²) in [5, 5.41) is 13.1. The third kappa shape index (κ3) is 3.73. The Bertz CT molecular complexity index is 341. The van der Waals surface area contributed by atoms with Crippen molar-refractivity contribution in [2.24, 2.45) is 11.8 Å². The zero-order valence-electron chi connectivity index (χ0n) is 13.2. The van der Waals surface area contributed by atoms with E-state index in [0.29, 0.717) is 0 Å². The average Bonchev–Trinajstić information content (AvgIpc) is 3.06. The maximum absolute atomic E-state index is 11.8. The molecule has 0 saturated heterocycles. The Balaban J connectivity index is 1.91. The minimum Gasteiger partial charge on any atom is -0.480 e. The lowest BCUT2D eigenvalue weighted by Gasteiger charge is -2.35. The van der Waals surface area contributed by atoms with Crippen molar-refractivity contribution < 1.29 is 9.90 Å². The molecule has 0 amide bonds. The molecule has 0 bridgehead atoms. The number of nitrogens with zero attached hydrogens (tertiary/aromatic N) is 1. The van der Waals surface area contributed by atoms with Crippen molar-refractivity contribution in [1.29, 1.82) is 0 Å². The lowest BCUT2D eigenvalue weighted by Crippen LogP contribution is -2.57. The average molecular weight is 282 g/mol. The van der Waals surface area contributed by atoms with Crippen molar-refractivity contribution in [3.05, 3.63) is 0 Å². The van der Waals surface area contributed by atoms with Gasteiger partial charge in [-0.15, -0.1) is 0 Å². The van der Waals surface area contributed by atoms with Gasteiger partial charge in [-0.25, -0.2) is 0 Å². The Morgan fingerprint density at radius 1 is 1.40 bits per heavy atom. The van der Waals surface area contributed by atoms with Crippen molar-refractivity contribution in [1.82, 2.24) is 10.2 Å². The monoisotopic (exact) mass is 282 g/mol. The van der Waals surface area contributed by atoms with E-state index in [1.807, 2.05) is 13.8 Å². The third-order valence-corrected chi connectivity index (χ3v) is 4.87. The first-order chi connectivity index (χ1) is 9.44. The van der Waals surface area contributed by atoms with Gasteiger partial charge in [-0.2, -0.15) is 0 Å². The maximum Gasteiger partial charge on any atom is 0.324 e. The van der Waals surface area contributed by atoms with E-state index < -0.39 is 11.5 Å². The van der Waals surface area contributed by atoms with Crippen molar-refractivity contribution >= 4 is 5.97 Å². The Morgan fingerprint density at radius 2 is 2.10 bits per heavy atom. The van der Waals surface area contributed by atoms with Gasteiger partial charge in [0.25, 0.3) is 0 Å². The predicted molar refractivity (Wildman–Crippen MR) is 80.8 cm³/mol. The van der Waals surface area contributed by atoms with Crippen LogP contribution in [0, 0.1) is 11.8 Å². The van der Waals surface area contributed by atoms with Gasteiger partial charge in [-0.1, -0.05) is 6.42 Å². The van der Waals surface area contributed by atoms with E-state index in [-0.39, 0.29) is 12.0 Å². The predicted octanol–water partition coefficient (Wildman–Crippen LogP) is 2.34. The quantitative estimate of drug-likeness (QED) is 0.717. The van der Waals surface area contributed by atoms with Crippen LogP contribution in [0.2, 0.25) is 0 Å². The molecule has 0 aromatic heterocycles. The van der Waals surface area contributed by atoms with Crippen LogP contribution in [0.25, 0.3) is 0 Å². The van der Waals surface area contributed by atoms with Crippen LogP contribution >= 0.6 is 0 Å². The molecule has 4 nitrogen and oxygen atoms in total. The van der Waals surface area contributed by atoms with Crippen LogP contribution in [0.5, 0.6) is 0 Å². The molecule has 2 unspecified atom stereocenters. The molecule has 0 radical (unpaired) electrons. The summed E-state index contributed by atoms with van der Waals surface area (Å²) < 4.78 is 0. The molecule has 0 aliphatic heterocycles. The molecule has 2 aliphatic rings. The standard InChI is InChI=1S/C16H30N2O2/c1-12(2)17-16(15(19)20)9-4-5-14(16)8-10-18(3)11-13-6-7-13/h12-14,17H,4-11H2,1-3H3,(H,19,20). The van der Waals surface area contributed by atoms with Crippen molar-refractivity contribution in [3.63, 3.8) is 0 Å². The first kappa shape index (κ1) is 15.8. The van der Waals surface area contributed by atoms with Crippen LogP contribution in [0.3, 0.4) is 0 Å². The fraction of sp³-hybridized carbons (Fsp3) is 0.938. The van der Waals surface area contributed by atoms with E-state index in [1.165, 1.54) is 19.4 Å². The zero-order valence-corrected chi connectivity index (χ0v) is 13.2. The van der Waals surface area contributed by atoms with Gasteiger partial charge < -0.3 is 10.0 Å². The van der Waals surface area contributed by atoms with E-state index >= 15 is 0 Å². The lowest BCUT2D eigenvalue weighted by molar-refractivity contribution is -0.147. The molecule has 4 heteroatoms. The highest BCUT2D eigenvalue weighted by Gasteiger charge is 2.49. The normalized spacial score (nSPS) is 30.4.